The van der Waals surface area contributed by atoms with Crippen LogP contribution in [-0.2, 0) is 14.4 Å². The molecule has 0 aromatic rings. The molecular formula is C20H27N3O3. The zero-order valence-corrected chi connectivity index (χ0v) is 15.7. The van der Waals surface area contributed by atoms with Gasteiger partial charge >= 0.3 is 0 Å². The number of hydrazone groups is 1. The maximum atomic E-state index is 12.4. The molecule has 1 saturated heterocycles. The number of amides is 3. The third-order valence-electron chi connectivity index (χ3n) is 7.73. The van der Waals surface area contributed by atoms with Crippen LogP contribution in [0.15, 0.2) is 17.3 Å². The first-order valence-electron chi connectivity index (χ1n) is 9.62. The molecular weight excluding hydrogens is 330 g/mol. The molecule has 1 N–H and O–H groups in total. The van der Waals surface area contributed by atoms with Crippen LogP contribution in [0.25, 0.3) is 0 Å². The molecule has 2 saturated carbocycles. The summed E-state index contributed by atoms with van der Waals surface area (Å²) < 4.78 is 0. The molecule has 3 fully saturated rings. The number of hydrogen-bond acceptors (Lipinski definition) is 4. The first-order valence-corrected chi connectivity index (χ1v) is 9.62. The van der Waals surface area contributed by atoms with E-state index in [1.54, 1.807) is 0 Å². The number of allylic oxidation sites excluding steroid dienone is 2. The number of fused-ring (bicyclic) bond motifs is 3. The Morgan fingerprint density at radius 2 is 1.81 bits per heavy atom. The minimum Gasteiger partial charge on any atom is -0.274 e. The van der Waals surface area contributed by atoms with Gasteiger partial charge in [0, 0.05) is 11.1 Å². The molecule has 1 heterocycles. The van der Waals surface area contributed by atoms with Crippen molar-refractivity contribution in [1.82, 2.24) is 10.3 Å². The number of carbonyl (C=O) groups is 3. The van der Waals surface area contributed by atoms with E-state index < -0.39 is 5.91 Å². The summed E-state index contributed by atoms with van der Waals surface area (Å²) >= 11 is 0. The summed E-state index contributed by atoms with van der Waals surface area (Å²) in [5.41, 5.74) is 3.87. The minimum absolute atomic E-state index is 0.0187. The lowest BCUT2D eigenvalue weighted by molar-refractivity contribution is -0.143. The van der Waals surface area contributed by atoms with Gasteiger partial charge in [-0.15, -0.1) is 0 Å². The van der Waals surface area contributed by atoms with Gasteiger partial charge in [0.05, 0.1) is 11.8 Å². The molecule has 0 aromatic heterocycles. The first kappa shape index (κ1) is 17.4. The Hall–Kier alpha value is -1.98. The highest BCUT2D eigenvalue weighted by Gasteiger charge is 2.60. The zero-order chi connectivity index (χ0) is 18.7. The van der Waals surface area contributed by atoms with Gasteiger partial charge in [0.1, 0.15) is 6.54 Å². The van der Waals surface area contributed by atoms with Crippen molar-refractivity contribution < 1.29 is 14.4 Å². The summed E-state index contributed by atoms with van der Waals surface area (Å²) in [5.74, 6) is -0.815. The SMILES string of the molecule is CC1(C)[C@H]2CC[C@]1(C)C(=NNC(=O)CN1C(=O)[C@H]3CC=CC[C@@H]3C1=O)C2. The highest BCUT2D eigenvalue weighted by Crippen LogP contribution is 2.63. The summed E-state index contributed by atoms with van der Waals surface area (Å²) in [6.07, 6.45) is 8.29. The minimum atomic E-state index is -0.394. The van der Waals surface area contributed by atoms with Gasteiger partial charge in [-0.1, -0.05) is 32.9 Å². The average Bonchev–Trinajstić information content (AvgIpc) is 3.07. The van der Waals surface area contributed by atoms with Gasteiger partial charge in [-0.3, -0.25) is 19.3 Å². The molecule has 26 heavy (non-hydrogen) atoms. The van der Waals surface area contributed by atoms with Crippen molar-refractivity contribution in [1.29, 1.82) is 0 Å². The molecule has 0 spiro atoms. The fourth-order valence-corrected chi connectivity index (χ4v) is 5.43. The van der Waals surface area contributed by atoms with Gasteiger partial charge in [0.15, 0.2) is 0 Å². The van der Waals surface area contributed by atoms with Gasteiger partial charge in [0.25, 0.3) is 5.91 Å². The van der Waals surface area contributed by atoms with Crippen LogP contribution in [0.1, 0.15) is 52.9 Å². The Kier molecular flexibility index (Phi) is 3.86. The fourth-order valence-electron chi connectivity index (χ4n) is 5.43. The van der Waals surface area contributed by atoms with E-state index in [0.29, 0.717) is 18.8 Å². The first-order chi connectivity index (χ1) is 12.3. The molecule has 4 rings (SSSR count). The number of rotatable bonds is 3. The van der Waals surface area contributed by atoms with E-state index in [9.17, 15) is 14.4 Å². The van der Waals surface area contributed by atoms with E-state index in [2.05, 4.69) is 31.3 Å². The normalized spacial score (nSPS) is 39.0. The molecule has 140 valence electrons. The fraction of sp³-hybridized carbons (Fsp3) is 0.700. The Balaban J connectivity index is 1.41. The van der Waals surface area contributed by atoms with E-state index in [0.717, 1.165) is 23.5 Å². The second-order valence-corrected chi connectivity index (χ2v) is 9.01. The van der Waals surface area contributed by atoms with Crippen LogP contribution in [0, 0.1) is 28.6 Å². The second kappa shape index (κ2) is 5.76. The summed E-state index contributed by atoms with van der Waals surface area (Å²) in [4.78, 5) is 38.3. The van der Waals surface area contributed by atoms with Crippen molar-refractivity contribution in [3.63, 3.8) is 0 Å². The van der Waals surface area contributed by atoms with Crippen LogP contribution in [0.5, 0.6) is 0 Å². The van der Waals surface area contributed by atoms with Crippen LogP contribution in [0.2, 0.25) is 0 Å². The van der Waals surface area contributed by atoms with E-state index in [1.165, 1.54) is 6.42 Å². The summed E-state index contributed by atoms with van der Waals surface area (Å²) in [7, 11) is 0. The third kappa shape index (κ3) is 2.30. The van der Waals surface area contributed by atoms with E-state index in [1.807, 2.05) is 12.2 Å². The van der Waals surface area contributed by atoms with Gasteiger partial charge < -0.3 is 0 Å². The van der Waals surface area contributed by atoms with Crippen molar-refractivity contribution in [3.8, 4) is 0 Å². The number of imide groups is 1. The predicted octanol–water partition coefficient (Wildman–Crippen LogP) is 2.26. The average molecular weight is 357 g/mol. The molecule has 3 amide bonds. The number of nitrogens with one attached hydrogen (secondary N) is 1. The number of nitrogens with zero attached hydrogens (tertiary/aromatic N) is 2. The van der Waals surface area contributed by atoms with Crippen LogP contribution < -0.4 is 5.43 Å². The predicted molar refractivity (Wildman–Crippen MR) is 96.9 cm³/mol. The Labute approximate surface area is 154 Å². The third-order valence-corrected chi connectivity index (χ3v) is 7.73. The van der Waals surface area contributed by atoms with Gasteiger partial charge in [-0.2, -0.15) is 5.10 Å². The number of hydrogen-bond donors (Lipinski definition) is 1. The Morgan fingerprint density at radius 1 is 1.19 bits per heavy atom. The van der Waals surface area contributed by atoms with Crippen LogP contribution in [0.4, 0.5) is 0 Å². The molecule has 4 aliphatic rings. The lowest BCUT2D eigenvalue weighted by Gasteiger charge is -2.34. The highest BCUT2D eigenvalue weighted by atomic mass is 16.2. The summed E-state index contributed by atoms with van der Waals surface area (Å²) in [5, 5.41) is 4.41. The molecule has 0 radical (unpaired) electrons. The molecule has 0 unspecified atom stereocenters. The molecule has 0 aromatic carbocycles. The Bertz CT molecular complexity index is 713. The Morgan fingerprint density at radius 3 is 2.31 bits per heavy atom. The van der Waals surface area contributed by atoms with Crippen molar-refractivity contribution in [2.75, 3.05) is 6.54 Å². The largest absolute Gasteiger partial charge is 0.274 e. The molecule has 4 atom stereocenters. The van der Waals surface area contributed by atoms with Gasteiger partial charge in [0.2, 0.25) is 11.8 Å². The number of likely N-dealkylation sites (tertiary alicyclic amines) is 1. The maximum Gasteiger partial charge on any atom is 0.260 e. The lowest BCUT2D eigenvalue weighted by atomic mass is 9.70. The molecule has 6 heteroatoms. The van der Waals surface area contributed by atoms with Crippen LogP contribution in [0.3, 0.4) is 0 Å². The van der Waals surface area contributed by atoms with Gasteiger partial charge in [-0.05, 0) is 43.4 Å². The van der Waals surface area contributed by atoms with E-state index >= 15 is 0 Å². The zero-order valence-electron chi connectivity index (χ0n) is 15.7. The topological polar surface area (TPSA) is 78.8 Å². The van der Waals surface area contributed by atoms with Crippen molar-refractivity contribution in [3.05, 3.63) is 12.2 Å². The smallest absolute Gasteiger partial charge is 0.260 e. The van der Waals surface area contributed by atoms with Crippen molar-refractivity contribution in [2.45, 2.75) is 52.9 Å². The molecule has 2 bridgehead atoms. The van der Waals surface area contributed by atoms with E-state index in [4.69, 9.17) is 0 Å². The van der Waals surface area contributed by atoms with Crippen molar-refractivity contribution in [2.24, 2.45) is 33.7 Å². The standard InChI is InChI=1S/C20H27N3O3/c1-19(2)12-8-9-20(19,3)15(10-12)21-22-16(24)11-23-17(25)13-6-4-5-7-14(13)18(23)26/h4-5,12-14H,6-11H2,1-3H3,(H,22,24)/t12-,13-,14-,20+/m0/s1. The second-order valence-electron chi connectivity index (χ2n) is 9.01. The van der Waals surface area contributed by atoms with Crippen LogP contribution >= 0.6 is 0 Å². The molecule has 1 aliphatic heterocycles. The summed E-state index contributed by atoms with van der Waals surface area (Å²) in [6.45, 7) is 6.57. The monoisotopic (exact) mass is 357 g/mol. The molecule has 6 nitrogen and oxygen atoms in total. The maximum absolute atomic E-state index is 12.4. The van der Waals surface area contributed by atoms with Gasteiger partial charge in [-0.25, -0.2) is 5.43 Å². The lowest BCUT2D eigenvalue weighted by Crippen LogP contribution is -2.40. The number of carbonyl (C=O) groups excluding carboxylic acids is 3. The quantitative estimate of drug-likeness (QED) is 0.478. The van der Waals surface area contributed by atoms with Crippen LogP contribution in [-0.4, -0.2) is 34.9 Å². The van der Waals surface area contributed by atoms with E-state index in [-0.39, 0.29) is 41.0 Å². The van der Waals surface area contributed by atoms with Crippen molar-refractivity contribution >= 4 is 23.4 Å². The molecule has 3 aliphatic carbocycles. The summed E-state index contributed by atoms with van der Waals surface area (Å²) in [6, 6.07) is 0. The highest BCUT2D eigenvalue weighted by molar-refractivity contribution is 6.07.